The van der Waals surface area contributed by atoms with E-state index in [2.05, 4.69) is 20.6 Å². The Morgan fingerprint density at radius 3 is 2.38 bits per heavy atom. The van der Waals surface area contributed by atoms with E-state index in [0.29, 0.717) is 25.0 Å². The van der Waals surface area contributed by atoms with Crippen LogP contribution in [0.3, 0.4) is 0 Å². The SMILES string of the molecule is Cc1ncsc1-c1ccc(CNC(=O)[C@@H]2C[C@@H](O)CN2C(=O)[C@@H](NC(=O)COCCCCOc2cc(F)c([C@@H]3c4[nH]c5ccccc5c4C[C@@H](C)N3CC(C)(C)F)c(F)c2)C(C)(C)C)cc1. The van der Waals surface area contributed by atoms with Crippen LogP contribution in [-0.2, 0) is 32.1 Å². The van der Waals surface area contributed by atoms with E-state index >= 15 is 13.2 Å². The number of H-pyrrole nitrogens is 1. The fourth-order valence-corrected chi connectivity index (χ4v) is 9.86. The van der Waals surface area contributed by atoms with Gasteiger partial charge in [0.1, 0.15) is 41.7 Å². The number of unbranched alkanes of at least 4 members (excludes halogenated alkanes) is 1. The number of nitrogens with one attached hydrogen (secondary N) is 3. The molecule has 1 fully saturated rings. The van der Waals surface area contributed by atoms with Crippen LogP contribution in [0.1, 0.15) is 94.9 Å². The number of aryl methyl sites for hydroxylation is 1. The summed E-state index contributed by atoms with van der Waals surface area (Å²) >= 11 is 1.56. The van der Waals surface area contributed by atoms with Gasteiger partial charge in [0.05, 0.1) is 34.8 Å². The molecule has 5 aromatic rings. The van der Waals surface area contributed by atoms with Crippen LogP contribution in [0.5, 0.6) is 5.75 Å². The standard InChI is InChI=1S/C50H61F3N6O6S/c1-29-20-36-35-12-8-9-13-39(35)56-43(36)44(59(29)27-50(6,7)53)42-37(51)22-34(23-38(42)52)65-19-11-10-18-64-26-41(61)57-46(49(3,4)5)48(63)58-25-33(60)21-40(58)47(62)54-24-31-14-16-32(17-15-31)45-30(2)55-28-66-45/h8-9,12-17,22-23,28-29,33,40,44,46,56,60H,10-11,18-21,24-27H2,1-7H3,(H,54,62)(H,57,61)/t29-,33-,40+,44-,46-/m1/s1. The second-order valence-electron chi connectivity index (χ2n) is 19.3. The predicted octanol–water partition coefficient (Wildman–Crippen LogP) is 7.95. The first-order valence-corrected chi connectivity index (χ1v) is 23.5. The number of nitrogens with zero attached hydrogens (tertiary/aromatic N) is 3. The highest BCUT2D eigenvalue weighted by Crippen LogP contribution is 2.44. The fraction of sp³-hybridized carbons (Fsp3) is 0.480. The molecule has 0 saturated carbocycles. The first-order chi connectivity index (χ1) is 31.3. The number of rotatable bonds is 17. The van der Waals surface area contributed by atoms with Crippen LogP contribution in [0.4, 0.5) is 13.2 Å². The summed E-state index contributed by atoms with van der Waals surface area (Å²) in [6.45, 7) is 12.4. The van der Waals surface area contributed by atoms with Crippen molar-refractivity contribution in [1.29, 1.82) is 0 Å². The predicted molar refractivity (Wildman–Crippen MR) is 249 cm³/mol. The van der Waals surface area contributed by atoms with E-state index in [1.807, 2.05) is 67.3 Å². The van der Waals surface area contributed by atoms with Gasteiger partial charge in [-0.1, -0.05) is 63.2 Å². The maximum atomic E-state index is 16.1. The van der Waals surface area contributed by atoms with Crippen molar-refractivity contribution in [3.05, 3.63) is 106 Å². The summed E-state index contributed by atoms with van der Waals surface area (Å²) < 4.78 is 58.7. The second-order valence-corrected chi connectivity index (χ2v) is 20.1. The molecule has 0 radical (unpaired) electrons. The number of fused-ring (bicyclic) bond motifs is 3. The molecule has 5 atom stereocenters. The summed E-state index contributed by atoms with van der Waals surface area (Å²) in [5.74, 6) is -2.97. The van der Waals surface area contributed by atoms with E-state index < -0.39 is 64.7 Å². The van der Waals surface area contributed by atoms with Crippen molar-refractivity contribution in [1.82, 2.24) is 30.4 Å². The Labute approximate surface area is 388 Å². The molecule has 0 aliphatic carbocycles. The number of benzene rings is 3. The highest BCUT2D eigenvalue weighted by Gasteiger charge is 2.45. The number of ether oxygens (including phenoxy) is 2. The maximum absolute atomic E-state index is 16.1. The van der Waals surface area contributed by atoms with E-state index in [0.717, 1.165) is 50.3 Å². The third-order valence-electron chi connectivity index (χ3n) is 12.3. The van der Waals surface area contributed by atoms with Crippen LogP contribution in [0.2, 0.25) is 0 Å². The Balaban J connectivity index is 0.886. The maximum Gasteiger partial charge on any atom is 0.246 e. The summed E-state index contributed by atoms with van der Waals surface area (Å²) in [7, 11) is 0. The molecule has 0 spiro atoms. The number of β-amino-alcohol motifs (C(OH)–C–C–N with tert-alkyl or cyclic N) is 1. The molecule has 2 aliphatic rings. The number of hydrogen-bond acceptors (Lipinski definition) is 9. The topological polar surface area (TPSA) is 149 Å². The number of aromatic amines is 1. The van der Waals surface area contributed by atoms with E-state index in [9.17, 15) is 19.5 Å². The van der Waals surface area contributed by atoms with Gasteiger partial charge in [0.2, 0.25) is 17.7 Å². The molecule has 354 valence electrons. The highest BCUT2D eigenvalue weighted by molar-refractivity contribution is 7.13. The van der Waals surface area contributed by atoms with Gasteiger partial charge in [-0.05, 0) is 75.1 Å². The number of aliphatic hydroxyl groups excluding tert-OH is 1. The molecular weight excluding hydrogens is 870 g/mol. The number of alkyl halides is 1. The van der Waals surface area contributed by atoms with Gasteiger partial charge in [0, 0.05) is 73.0 Å². The number of hydrogen-bond donors (Lipinski definition) is 4. The Kier molecular flexibility index (Phi) is 15.0. The van der Waals surface area contributed by atoms with Crippen LogP contribution in [-0.4, -0.2) is 105 Å². The number of halogens is 3. The number of para-hydroxylation sites is 1. The molecule has 0 unspecified atom stereocenters. The number of likely N-dealkylation sites (tertiary alicyclic amines) is 1. The minimum Gasteiger partial charge on any atom is -0.493 e. The largest absolute Gasteiger partial charge is 0.493 e. The number of carbonyl (C=O) groups excluding carboxylic acids is 3. The van der Waals surface area contributed by atoms with Crippen molar-refractivity contribution >= 4 is 40.0 Å². The zero-order chi connectivity index (χ0) is 47.5. The molecule has 1 saturated heterocycles. The first kappa shape index (κ1) is 48.6. The molecule has 16 heteroatoms. The molecule has 3 aromatic carbocycles. The zero-order valence-corrected chi connectivity index (χ0v) is 39.5. The summed E-state index contributed by atoms with van der Waals surface area (Å²) in [6.07, 6.45) is 0.681. The normalized spacial score (nSPS) is 19.5. The number of carbonyl (C=O) groups is 3. The van der Waals surface area contributed by atoms with Crippen molar-refractivity contribution in [2.45, 2.75) is 117 Å². The van der Waals surface area contributed by atoms with Crippen LogP contribution < -0.4 is 15.4 Å². The number of aromatic nitrogens is 2. The van der Waals surface area contributed by atoms with Crippen molar-refractivity contribution in [3.63, 3.8) is 0 Å². The fourth-order valence-electron chi connectivity index (χ4n) is 9.05. The van der Waals surface area contributed by atoms with Crippen molar-refractivity contribution < 1.29 is 42.1 Å². The molecule has 3 amide bonds. The number of aliphatic hydroxyl groups is 1. The lowest BCUT2D eigenvalue weighted by atomic mass is 9.85. The van der Waals surface area contributed by atoms with E-state index in [4.69, 9.17) is 9.47 Å². The summed E-state index contributed by atoms with van der Waals surface area (Å²) in [4.78, 5) is 52.5. The van der Waals surface area contributed by atoms with E-state index in [1.54, 1.807) is 37.6 Å². The van der Waals surface area contributed by atoms with Crippen molar-refractivity contribution in [2.75, 3.05) is 32.9 Å². The van der Waals surface area contributed by atoms with Crippen LogP contribution in [0, 0.1) is 24.0 Å². The number of amides is 3. The van der Waals surface area contributed by atoms with Gasteiger partial charge in [-0.25, -0.2) is 18.2 Å². The average Bonchev–Trinajstić information content (AvgIpc) is 3.97. The van der Waals surface area contributed by atoms with Gasteiger partial charge in [-0.15, -0.1) is 11.3 Å². The zero-order valence-electron chi connectivity index (χ0n) is 38.7. The third-order valence-corrected chi connectivity index (χ3v) is 13.3. The quantitative estimate of drug-likeness (QED) is 0.0688. The highest BCUT2D eigenvalue weighted by atomic mass is 32.1. The Morgan fingerprint density at radius 1 is 1.02 bits per heavy atom. The molecule has 4 N–H and O–H groups in total. The minimum atomic E-state index is -1.62. The van der Waals surface area contributed by atoms with Gasteiger partial charge in [0.25, 0.3) is 0 Å². The minimum absolute atomic E-state index is 0.0168. The van der Waals surface area contributed by atoms with Crippen molar-refractivity contribution in [3.8, 4) is 16.2 Å². The Hall–Kier alpha value is -5.29. The molecular formula is C50H61F3N6O6S. The van der Waals surface area contributed by atoms with E-state index in [1.165, 1.54) is 18.7 Å². The van der Waals surface area contributed by atoms with Gasteiger partial charge < -0.3 is 35.1 Å². The van der Waals surface area contributed by atoms with Crippen LogP contribution >= 0.6 is 11.3 Å². The molecule has 2 aliphatic heterocycles. The van der Waals surface area contributed by atoms with Gasteiger partial charge in [-0.2, -0.15) is 0 Å². The summed E-state index contributed by atoms with van der Waals surface area (Å²) in [5, 5.41) is 17.2. The van der Waals surface area contributed by atoms with E-state index in [-0.39, 0.29) is 63.2 Å². The van der Waals surface area contributed by atoms with Gasteiger partial charge >= 0.3 is 0 Å². The molecule has 0 bridgehead atoms. The molecule has 2 aromatic heterocycles. The van der Waals surface area contributed by atoms with Gasteiger partial charge in [0.15, 0.2) is 0 Å². The summed E-state index contributed by atoms with van der Waals surface area (Å²) in [6, 6.07) is 14.8. The monoisotopic (exact) mass is 930 g/mol. The molecule has 7 rings (SSSR count). The third kappa shape index (κ3) is 11.3. The molecule has 66 heavy (non-hydrogen) atoms. The summed E-state index contributed by atoms with van der Waals surface area (Å²) in [5.41, 5.74) is 4.59. The molecule has 4 heterocycles. The Morgan fingerprint density at radius 2 is 1.71 bits per heavy atom. The van der Waals surface area contributed by atoms with Crippen molar-refractivity contribution in [2.24, 2.45) is 5.41 Å². The number of thiazole rings is 1. The lowest BCUT2D eigenvalue weighted by Gasteiger charge is -2.43. The Bertz CT molecular complexity index is 2490. The second kappa shape index (κ2) is 20.3. The average molecular weight is 931 g/mol. The first-order valence-electron chi connectivity index (χ1n) is 22.6. The van der Waals surface area contributed by atoms with Crippen LogP contribution in [0.25, 0.3) is 21.3 Å². The van der Waals surface area contributed by atoms with Gasteiger partial charge in [-0.3, -0.25) is 19.3 Å². The van der Waals surface area contributed by atoms with Crippen LogP contribution in [0.15, 0.2) is 66.2 Å². The molecule has 12 nitrogen and oxygen atoms in total. The lowest BCUT2D eigenvalue weighted by Crippen LogP contribution is -2.58. The smallest absolute Gasteiger partial charge is 0.246 e. The lowest BCUT2D eigenvalue weighted by molar-refractivity contribution is -0.144.